The Labute approximate surface area is 101 Å². The lowest BCUT2D eigenvalue weighted by Crippen LogP contribution is -2.39. The first-order valence-electron chi connectivity index (χ1n) is 6.33. The van der Waals surface area contributed by atoms with Crippen LogP contribution in [0.3, 0.4) is 0 Å². The molecule has 2 aliphatic rings. The quantitative estimate of drug-likeness (QED) is 0.831. The third-order valence-electron chi connectivity index (χ3n) is 3.71. The summed E-state index contributed by atoms with van der Waals surface area (Å²) in [5.74, 6) is 1.27. The van der Waals surface area contributed by atoms with E-state index in [2.05, 4.69) is 5.10 Å². The molecule has 1 aromatic heterocycles. The molecule has 1 aliphatic carbocycles. The van der Waals surface area contributed by atoms with Crippen molar-refractivity contribution in [1.82, 2.24) is 14.7 Å². The van der Waals surface area contributed by atoms with Gasteiger partial charge in [0.05, 0.1) is 6.04 Å². The predicted molar refractivity (Wildman–Crippen MR) is 64.2 cm³/mol. The van der Waals surface area contributed by atoms with Crippen molar-refractivity contribution in [2.24, 2.45) is 5.92 Å². The number of nitrogen functional groups attached to an aromatic ring is 1. The van der Waals surface area contributed by atoms with Gasteiger partial charge in [-0.3, -0.25) is 9.48 Å². The average Bonchev–Trinajstić information content (AvgIpc) is 3.11. The first kappa shape index (κ1) is 10.6. The van der Waals surface area contributed by atoms with Crippen LogP contribution >= 0.6 is 0 Å². The Balaban J connectivity index is 1.58. The fourth-order valence-corrected chi connectivity index (χ4v) is 2.50. The largest absolute Gasteiger partial charge is 0.382 e. The van der Waals surface area contributed by atoms with Crippen molar-refractivity contribution in [3.8, 4) is 0 Å². The van der Waals surface area contributed by atoms with Crippen LogP contribution in [0.4, 0.5) is 5.82 Å². The van der Waals surface area contributed by atoms with Gasteiger partial charge in [0.15, 0.2) is 0 Å². The number of piperidine rings is 1. The summed E-state index contributed by atoms with van der Waals surface area (Å²) in [6.07, 6.45) is 6.08. The van der Waals surface area contributed by atoms with Crippen LogP contribution in [0.5, 0.6) is 0 Å². The molecule has 17 heavy (non-hydrogen) atoms. The van der Waals surface area contributed by atoms with Crippen LogP contribution < -0.4 is 5.73 Å². The van der Waals surface area contributed by atoms with E-state index in [4.69, 9.17) is 5.73 Å². The molecule has 1 saturated carbocycles. The van der Waals surface area contributed by atoms with E-state index in [1.165, 1.54) is 0 Å². The summed E-state index contributed by atoms with van der Waals surface area (Å²) >= 11 is 0. The Morgan fingerprint density at radius 1 is 1.29 bits per heavy atom. The molecule has 5 nitrogen and oxygen atoms in total. The highest BCUT2D eigenvalue weighted by molar-refractivity contribution is 5.81. The molecule has 2 N–H and O–H groups in total. The number of likely N-dealkylation sites (tertiary alicyclic amines) is 1. The van der Waals surface area contributed by atoms with E-state index in [9.17, 15) is 4.79 Å². The second-order valence-electron chi connectivity index (χ2n) is 5.05. The van der Waals surface area contributed by atoms with Crippen molar-refractivity contribution in [1.29, 1.82) is 0 Å². The number of carbonyl (C=O) groups excluding carboxylic acids is 1. The minimum atomic E-state index is 0.340. The zero-order valence-electron chi connectivity index (χ0n) is 9.88. The van der Waals surface area contributed by atoms with Gasteiger partial charge in [-0.1, -0.05) is 0 Å². The van der Waals surface area contributed by atoms with Crippen LogP contribution in [0.25, 0.3) is 0 Å². The number of amides is 1. The minimum Gasteiger partial charge on any atom is -0.382 e. The molecule has 0 atom stereocenters. The number of carbonyl (C=O) groups is 1. The Morgan fingerprint density at radius 2 is 2.00 bits per heavy atom. The monoisotopic (exact) mass is 234 g/mol. The Kier molecular flexibility index (Phi) is 2.53. The molecule has 5 heteroatoms. The van der Waals surface area contributed by atoms with E-state index in [0.717, 1.165) is 38.8 Å². The van der Waals surface area contributed by atoms with Crippen molar-refractivity contribution in [3.05, 3.63) is 12.3 Å². The maximum Gasteiger partial charge on any atom is 0.225 e. The molecule has 2 fully saturated rings. The van der Waals surface area contributed by atoms with Crippen LogP contribution in [-0.2, 0) is 4.79 Å². The van der Waals surface area contributed by atoms with Crippen molar-refractivity contribution in [2.45, 2.75) is 31.7 Å². The molecule has 0 spiro atoms. The number of hydrogen-bond acceptors (Lipinski definition) is 3. The van der Waals surface area contributed by atoms with E-state index in [1.54, 1.807) is 0 Å². The lowest BCUT2D eigenvalue weighted by atomic mass is 10.0. The molecular formula is C12H18N4O. The molecule has 0 aromatic carbocycles. The van der Waals surface area contributed by atoms with Gasteiger partial charge in [-0.2, -0.15) is 5.10 Å². The molecule has 1 aliphatic heterocycles. The van der Waals surface area contributed by atoms with Gasteiger partial charge in [0, 0.05) is 25.2 Å². The molecule has 1 amide bonds. The van der Waals surface area contributed by atoms with Crippen molar-refractivity contribution in [2.75, 3.05) is 18.8 Å². The number of rotatable bonds is 2. The maximum absolute atomic E-state index is 11.9. The van der Waals surface area contributed by atoms with Gasteiger partial charge in [-0.05, 0) is 31.7 Å². The summed E-state index contributed by atoms with van der Waals surface area (Å²) in [7, 11) is 0. The lowest BCUT2D eigenvalue weighted by Gasteiger charge is -2.32. The molecule has 1 aromatic rings. The SMILES string of the molecule is Nc1ccn(C2CCN(C(=O)C3CC3)CC2)n1. The number of nitrogens with zero attached hydrogens (tertiary/aromatic N) is 3. The lowest BCUT2D eigenvalue weighted by molar-refractivity contribution is -0.133. The fourth-order valence-electron chi connectivity index (χ4n) is 2.50. The second-order valence-corrected chi connectivity index (χ2v) is 5.05. The first-order valence-corrected chi connectivity index (χ1v) is 6.33. The van der Waals surface area contributed by atoms with E-state index in [0.29, 0.717) is 23.7 Å². The first-order chi connectivity index (χ1) is 8.24. The van der Waals surface area contributed by atoms with Gasteiger partial charge < -0.3 is 10.6 Å². The molecule has 2 heterocycles. The predicted octanol–water partition coefficient (Wildman–Crippen LogP) is 1.04. The molecular weight excluding hydrogens is 216 g/mol. The fraction of sp³-hybridized carbons (Fsp3) is 0.667. The topological polar surface area (TPSA) is 64.2 Å². The number of hydrogen-bond donors (Lipinski definition) is 1. The normalized spacial score (nSPS) is 21.8. The highest BCUT2D eigenvalue weighted by atomic mass is 16.2. The van der Waals surface area contributed by atoms with Gasteiger partial charge in [-0.15, -0.1) is 0 Å². The summed E-state index contributed by atoms with van der Waals surface area (Å²) < 4.78 is 1.94. The van der Waals surface area contributed by atoms with E-state index >= 15 is 0 Å². The third-order valence-corrected chi connectivity index (χ3v) is 3.71. The van der Waals surface area contributed by atoms with Crippen LogP contribution in [0.15, 0.2) is 12.3 Å². The van der Waals surface area contributed by atoms with Crippen LogP contribution in [0, 0.1) is 5.92 Å². The Morgan fingerprint density at radius 3 is 2.53 bits per heavy atom. The number of nitrogens with two attached hydrogens (primary N) is 1. The van der Waals surface area contributed by atoms with Gasteiger partial charge in [0.25, 0.3) is 0 Å². The average molecular weight is 234 g/mol. The second kappa shape index (κ2) is 4.05. The summed E-state index contributed by atoms with van der Waals surface area (Å²) in [6, 6.07) is 2.22. The van der Waals surface area contributed by atoms with Gasteiger partial charge in [0.1, 0.15) is 5.82 Å². The zero-order chi connectivity index (χ0) is 11.8. The van der Waals surface area contributed by atoms with Gasteiger partial charge >= 0.3 is 0 Å². The molecule has 0 unspecified atom stereocenters. The molecule has 92 valence electrons. The van der Waals surface area contributed by atoms with Gasteiger partial charge in [-0.25, -0.2) is 0 Å². The highest BCUT2D eigenvalue weighted by Gasteiger charge is 2.35. The highest BCUT2D eigenvalue weighted by Crippen LogP contribution is 2.33. The summed E-state index contributed by atoms with van der Waals surface area (Å²) in [6.45, 7) is 1.72. The third kappa shape index (κ3) is 2.14. The molecule has 0 radical (unpaired) electrons. The van der Waals surface area contributed by atoms with Crippen LogP contribution in [0.1, 0.15) is 31.7 Å². The molecule has 0 bridgehead atoms. The van der Waals surface area contributed by atoms with Crippen molar-refractivity contribution >= 4 is 11.7 Å². The summed E-state index contributed by atoms with van der Waals surface area (Å²) in [5.41, 5.74) is 5.61. The van der Waals surface area contributed by atoms with Crippen LogP contribution in [0.2, 0.25) is 0 Å². The van der Waals surface area contributed by atoms with Gasteiger partial charge in [0.2, 0.25) is 5.91 Å². The van der Waals surface area contributed by atoms with E-state index < -0.39 is 0 Å². The minimum absolute atomic E-state index is 0.340. The number of anilines is 1. The Hall–Kier alpha value is -1.52. The van der Waals surface area contributed by atoms with Crippen molar-refractivity contribution < 1.29 is 4.79 Å². The summed E-state index contributed by atoms with van der Waals surface area (Å²) in [5, 5.41) is 4.24. The zero-order valence-corrected chi connectivity index (χ0v) is 9.88. The molecule has 3 rings (SSSR count). The van der Waals surface area contributed by atoms with Crippen LogP contribution in [-0.4, -0.2) is 33.7 Å². The van der Waals surface area contributed by atoms with E-state index in [1.807, 2.05) is 21.8 Å². The number of aromatic nitrogens is 2. The standard InChI is InChI=1S/C12H18N4O/c13-11-5-8-16(14-11)10-3-6-15(7-4-10)12(17)9-1-2-9/h5,8-10H,1-4,6-7H2,(H2,13,14). The Bertz CT molecular complexity index is 416. The summed E-state index contributed by atoms with van der Waals surface area (Å²) in [4.78, 5) is 13.9. The smallest absolute Gasteiger partial charge is 0.225 e. The van der Waals surface area contributed by atoms with E-state index in [-0.39, 0.29) is 0 Å². The van der Waals surface area contributed by atoms with Crippen molar-refractivity contribution in [3.63, 3.8) is 0 Å². The molecule has 1 saturated heterocycles. The maximum atomic E-state index is 11.9.